The molecule has 0 amide bonds. The molecule has 0 saturated carbocycles. The number of nitriles is 1. The molecule has 0 atom stereocenters. The zero-order valence-corrected chi connectivity index (χ0v) is 13.1. The summed E-state index contributed by atoms with van der Waals surface area (Å²) >= 11 is 9.47. The third kappa shape index (κ3) is 3.24. The average Bonchev–Trinajstić information content (AvgIpc) is 2.47. The van der Waals surface area contributed by atoms with Crippen LogP contribution in [0.5, 0.6) is 5.75 Å². The average molecular weight is 352 g/mol. The quantitative estimate of drug-likeness (QED) is 0.876. The Morgan fingerprint density at radius 2 is 2.15 bits per heavy atom. The summed E-state index contributed by atoms with van der Waals surface area (Å²) in [4.78, 5) is 0. The lowest BCUT2D eigenvalue weighted by atomic mass is 10.1. The number of halogens is 2. The second-order valence-corrected chi connectivity index (χ2v) is 5.37. The van der Waals surface area contributed by atoms with Gasteiger partial charge in [0.1, 0.15) is 11.8 Å². The van der Waals surface area contributed by atoms with Crippen molar-refractivity contribution < 1.29 is 4.74 Å². The van der Waals surface area contributed by atoms with E-state index in [-0.39, 0.29) is 0 Å². The van der Waals surface area contributed by atoms with Crippen LogP contribution in [0.25, 0.3) is 0 Å². The largest absolute Gasteiger partial charge is 0.495 e. The third-order valence-corrected chi connectivity index (χ3v) is 3.84. The van der Waals surface area contributed by atoms with E-state index < -0.39 is 0 Å². The van der Waals surface area contributed by atoms with Gasteiger partial charge in [-0.1, -0.05) is 33.6 Å². The van der Waals surface area contributed by atoms with Crippen LogP contribution in [0.1, 0.15) is 11.1 Å². The van der Waals surface area contributed by atoms with Crippen LogP contribution >= 0.6 is 27.5 Å². The van der Waals surface area contributed by atoms with E-state index in [1.165, 1.54) is 0 Å². The molecule has 0 fully saturated rings. The Balaban J connectivity index is 2.27. The number of methoxy groups -OCH3 is 1. The van der Waals surface area contributed by atoms with Crippen molar-refractivity contribution in [3.05, 3.63) is 57.0 Å². The summed E-state index contributed by atoms with van der Waals surface area (Å²) in [7, 11) is 1.58. The number of ether oxygens (including phenoxy) is 1. The van der Waals surface area contributed by atoms with Gasteiger partial charge in [0.05, 0.1) is 18.4 Å². The number of anilines is 1. The van der Waals surface area contributed by atoms with Gasteiger partial charge in [-0.05, 0) is 35.9 Å². The van der Waals surface area contributed by atoms with Crippen LogP contribution in [-0.4, -0.2) is 7.11 Å². The summed E-state index contributed by atoms with van der Waals surface area (Å²) in [6, 6.07) is 13.1. The van der Waals surface area contributed by atoms with E-state index in [9.17, 15) is 0 Å². The highest BCUT2D eigenvalue weighted by Crippen LogP contribution is 2.29. The SMILES string of the molecule is COc1cccc(C#N)c1NCc1cc(Cl)ccc1Br. The number of nitrogens with zero attached hydrogens (tertiary/aromatic N) is 1. The number of hydrogen-bond acceptors (Lipinski definition) is 3. The predicted molar refractivity (Wildman–Crippen MR) is 84.2 cm³/mol. The van der Waals surface area contributed by atoms with Gasteiger partial charge < -0.3 is 10.1 Å². The first-order valence-electron chi connectivity index (χ1n) is 5.90. The molecule has 5 heteroatoms. The molecule has 102 valence electrons. The minimum absolute atomic E-state index is 0.538. The summed E-state index contributed by atoms with van der Waals surface area (Å²) < 4.78 is 6.24. The summed E-state index contributed by atoms with van der Waals surface area (Å²) in [5.41, 5.74) is 2.24. The van der Waals surface area contributed by atoms with Crippen LogP contribution in [0.4, 0.5) is 5.69 Å². The van der Waals surface area contributed by atoms with Gasteiger partial charge in [0, 0.05) is 16.0 Å². The molecule has 0 saturated heterocycles. The molecule has 1 N–H and O–H groups in total. The molecule has 0 aromatic heterocycles. The van der Waals surface area contributed by atoms with Crippen molar-refractivity contribution in [1.82, 2.24) is 0 Å². The lowest BCUT2D eigenvalue weighted by Gasteiger charge is -2.13. The Morgan fingerprint density at radius 1 is 1.35 bits per heavy atom. The van der Waals surface area contributed by atoms with E-state index in [0.29, 0.717) is 28.6 Å². The Morgan fingerprint density at radius 3 is 2.85 bits per heavy atom. The van der Waals surface area contributed by atoms with E-state index in [1.807, 2.05) is 24.3 Å². The van der Waals surface area contributed by atoms with Gasteiger partial charge in [0.15, 0.2) is 0 Å². The molecule has 0 aliphatic rings. The summed E-state index contributed by atoms with van der Waals surface area (Å²) in [5, 5.41) is 13.1. The van der Waals surface area contributed by atoms with Crippen molar-refractivity contribution in [3.63, 3.8) is 0 Å². The van der Waals surface area contributed by atoms with E-state index >= 15 is 0 Å². The normalized spacial score (nSPS) is 9.90. The summed E-state index contributed by atoms with van der Waals surface area (Å²) in [5.74, 6) is 0.641. The minimum atomic E-state index is 0.538. The van der Waals surface area contributed by atoms with Crippen LogP contribution in [0.15, 0.2) is 40.9 Å². The van der Waals surface area contributed by atoms with Crippen molar-refractivity contribution in [2.24, 2.45) is 0 Å². The highest BCUT2D eigenvalue weighted by atomic mass is 79.9. The molecule has 0 radical (unpaired) electrons. The standard InChI is InChI=1S/C15H12BrClN2O/c1-20-14-4-2-3-10(8-18)15(14)19-9-11-7-12(17)5-6-13(11)16/h2-7,19H,9H2,1H3. The monoisotopic (exact) mass is 350 g/mol. The number of benzene rings is 2. The maximum absolute atomic E-state index is 9.16. The van der Waals surface area contributed by atoms with Crippen LogP contribution in [0.2, 0.25) is 5.02 Å². The first kappa shape index (κ1) is 14.7. The number of rotatable bonds is 4. The smallest absolute Gasteiger partial charge is 0.143 e. The maximum Gasteiger partial charge on any atom is 0.143 e. The molecule has 3 nitrogen and oxygen atoms in total. The van der Waals surface area contributed by atoms with Crippen molar-refractivity contribution in [2.75, 3.05) is 12.4 Å². The Hall–Kier alpha value is -1.70. The molecule has 0 heterocycles. The van der Waals surface area contributed by atoms with Crippen molar-refractivity contribution in [1.29, 1.82) is 5.26 Å². The summed E-state index contributed by atoms with van der Waals surface area (Å²) in [6.45, 7) is 0.538. The van der Waals surface area contributed by atoms with Crippen molar-refractivity contribution in [3.8, 4) is 11.8 Å². The topological polar surface area (TPSA) is 45.0 Å². The van der Waals surface area contributed by atoms with Crippen LogP contribution in [-0.2, 0) is 6.54 Å². The fourth-order valence-electron chi connectivity index (χ4n) is 1.84. The highest BCUT2D eigenvalue weighted by molar-refractivity contribution is 9.10. The van der Waals surface area contributed by atoms with E-state index in [4.69, 9.17) is 21.6 Å². The maximum atomic E-state index is 9.16. The van der Waals surface area contributed by atoms with Gasteiger partial charge in [0.2, 0.25) is 0 Å². The zero-order valence-electron chi connectivity index (χ0n) is 10.8. The predicted octanol–water partition coefficient (Wildman–Crippen LogP) is 4.59. The van der Waals surface area contributed by atoms with Crippen LogP contribution in [0, 0.1) is 11.3 Å². The minimum Gasteiger partial charge on any atom is -0.495 e. The lowest BCUT2D eigenvalue weighted by Crippen LogP contribution is -2.04. The molecule has 2 aromatic rings. The first-order chi connectivity index (χ1) is 9.65. The lowest BCUT2D eigenvalue weighted by molar-refractivity contribution is 0.416. The Kier molecular flexibility index (Phi) is 4.89. The fourth-order valence-corrected chi connectivity index (χ4v) is 2.42. The second kappa shape index (κ2) is 6.65. The van der Waals surface area contributed by atoms with E-state index in [2.05, 4.69) is 27.3 Å². The molecule has 2 aromatic carbocycles. The van der Waals surface area contributed by atoms with Gasteiger partial charge in [-0.25, -0.2) is 0 Å². The molecule has 0 bridgehead atoms. The van der Waals surface area contributed by atoms with Crippen molar-refractivity contribution in [2.45, 2.75) is 6.54 Å². The number of hydrogen-bond donors (Lipinski definition) is 1. The molecular formula is C15H12BrClN2O. The van der Waals surface area contributed by atoms with Crippen LogP contribution < -0.4 is 10.1 Å². The molecule has 2 rings (SSSR count). The van der Waals surface area contributed by atoms with E-state index in [1.54, 1.807) is 19.2 Å². The fraction of sp³-hybridized carbons (Fsp3) is 0.133. The molecule has 0 aliphatic heterocycles. The molecular weight excluding hydrogens is 340 g/mol. The van der Waals surface area contributed by atoms with Gasteiger partial charge in [0.25, 0.3) is 0 Å². The molecule has 20 heavy (non-hydrogen) atoms. The zero-order chi connectivity index (χ0) is 14.5. The van der Waals surface area contributed by atoms with Gasteiger partial charge in [-0.3, -0.25) is 0 Å². The first-order valence-corrected chi connectivity index (χ1v) is 7.07. The second-order valence-electron chi connectivity index (χ2n) is 4.08. The van der Waals surface area contributed by atoms with Gasteiger partial charge >= 0.3 is 0 Å². The highest BCUT2D eigenvalue weighted by Gasteiger charge is 2.09. The number of para-hydroxylation sites is 1. The summed E-state index contributed by atoms with van der Waals surface area (Å²) in [6.07, 6.45) is 0. The third-order valence-electron chi connectivity index (χ3n) is 2.83. The Labute approximate surface area is 131 Å². The molecule has 0 spiro atoms. The van der Waals surface area contributed by atoms with Crippen molar-refractivity contribution >= 4 is 33.2 Å². The number of nitrogens with one attached hydrogen (secondary N) is 1. The van der Waals surface area contributed by atoms with Gasteiger partial charge in [-0.15, -0.1) is 0 Å². The van der Waals surface area contributed by atoms with Gasteiger partial charge in [-0.2, -0.15) is 5.26 Å². The molecule has 0 unspecified atom stereocenters. The Bertz CT molecular complexity index is 667. The van der Waals surface area contributed by atoms with E-state index in [0.717, 1.165) is 10.0 Å². The molecule has 0 aliphatic carbocycles. The van der Waals surface area contributed by atoms with Crippen LogP contribution in [0.3, 0.4) is 0 Å².